The Morgan fingerprint density at radius 2 is 2.40 bits per heavy atom. The maximum absolute atomic E-state index is 5.51. The molecule has 1 aromatic rings. The van der Waals surface area contributed by atoms with Crippen LogP contribution >= 0.6 is 0 Å². The summed E-state index contributed by atoms with van der Waals surface area (Å²) in [5.41, 5.74) is 8.19. The third-order valence-electron chi connectivity index (χ3n) is 2.81. The van der Waals surface area contributed by atoms with Crippen molar-refractivity contribution in [1.29, 1.82) is 0 Å². The number of hydrogen-bond acceptors (Lipinski definition) is 3. The summed E-state index contributed by atoms with van der Waals surface area (Å²) in [4.78, 5) is 0. The van der Waals surface area contributed by atoms with Gasteiger partial charge in [0.15, 0.2) is 0 Å². The zero-order valence-corrected chi connectivity index (χ0v) is 9.12. The van der Waals surface area contributed by atoms with E-state index in [9.17, 15) is 0 Å². The van der Waals surface area contributed by atoms with Gasteiger partial charge in [0.25, 0.3) is 0 Å². The number of ether oxygens (including phenoxy) is 1. The summed E-state index contributed by atoms with van der Waals surface area (Å²) < 4.78 is 5.51. The molecule has 0 aromatic heterocycles. The summed E-state index contributed by atoms with van der Waals surface area (Å²) in [6.45, 7) is 4.40. The van der Waals surface area contributed by atoms with Gasteiger partial charge in [0.2, 0.25) is 0 Å². The summed E-state index contributed by atoms with van der Waals surface area (Å²) in [6, 6.07) is 6.77. The fraction of sp³-hybridized carbons (Fsp3) is 0.500. The second-order valence-electron chi connectivity index (χ2n) is 3.92. The predicted octanol–water partition coefficient (Wildman–Crippen LogP) is 1.23. The zero-order chi connectivity index (χ0) is 10.7. The van der Waals surface area contributed by atoms with Crippen molar-refractivity contribution < 1.29 is 4.74 Å². The molecule has 0 amide bonds. The molecule has 2 rings (SSSR count). The van der Waals surface area contributed by atoms with Crippen molar-refractivity contribution >= 4 is 0 Å². The molecule has 0 radical (unpaired) electrons. The number of fused-ring (bicyclic) bond motifs is 1. The zero-order valence-electron chi connectivity index (χ0n) is 9.12. The minimum Gasteiger partial charge on any atom is -0.492 e. The number of benzene rings is 1. The molecule has 0 saturated heterocycles. The highest BCUT2D eigenvalue weighted by atomic mass is 16.5. The van der Waals surface area contributed by atoms with Gasteiger partial charge in [0.05, 0.1) is 0 Å². The fourth-order valence-corrected chi connectivity index (χ4v) is 2.02. The molecule has 1 unspecified atom stereocenters. The molecule has 3 heteroatoms. The molecular weight excluding hydrogens is 188 g/mol. The lowest BCUT2D eigenvalue weighted by Gasteiger charge is -2.24. The van der Waals surface area contributed by atoms with Crippen molar-refractivity contribution in [2.24, 2.45) is 5.73 Å². The van der Waals surface area contributed by atoms with Crippen LogP contribution in [0.25, 0.3) is 0 Å². The van der Waals surface area contributed by atoms with Gasteiger partial charge in [0, 0.05) is 12.6 Å². The van der Waals surface area contributed by atoms with E-state index in [0.717, 1.165) is 18.7 Å². The first kappa shape index (κ1) is 10.5. The molecule has 3 N–H and O–H groups in total. The Morgan fingerprint density at radius 1 is 1.53 bits per heavy atom. The van der Waals surface area contributed by atoms with Gasteiger partial charge < -0.3 is 15.8 Å². The molecule has 82 valence electrons. The summed E-state index contributed by atoms with van der Waals surface area (Å²) in [5, 5.41) is 3.44. The Bertz CT molecular complexity index is 338. The normalized spacial score (nSPS) is 19.7. The van der Waals surface area contributed by atoms with E-state index < -0.39 is 0 Å². The standard InChI is InChI=1S/C12H18N2O/c1-9-12-3-2-11(15-7-5-13)8-10(12)4-6-14-9/h2-3,8-9,14H,4-7,13H2,1H3. The molecule has 0 aliphatic carbocycles. The monoisotopic (exact) mass is 206 g/mol. The Hall–Kier alpha value is -1.06. The molecule has 1 aromatic carbocycles. The molecule has 0 fully saturated rings. The van der Waals surface area contributed by atoms with Crippen LogP contribution in [-0.2, 0) is 6.42 Å². The highest BCUT2D eigenvalue weighted by Crippen LogP contribution is 2.26. The summed E-state index contributed by atoms with van der Waals surface area (Å²) in [5.74, 6) is 0.938. The number of rotatable bonds is 3. The number of hydrogen-bond donors (Lipinski definition) is 2. The fourth-order valence-electron chi connectivity index (χ4n) is 2.02. The average Bonchev–Trinajstić information content (AvgIpc) is 2.26. The van der Waals surface area contributed by atoms with E-state index in [1.54, 1.807) is 0 Å². The van der Waals surface area contributed by atoms with Gasteiger partial charge in [-0.1, -0.05) is 6.07 Å². The van der Waals surface area contributed by atoms with Gasteiger partial charge in [0.1, 0.15) is 12.4 Å². The van der Waals surface area contributed by atoms with Gasteiger partial charge in [-0.2, -0.15) is 0 Å². The summed E-state index contributed by atoms with van der Waals surface area (Å²) >= 11 is 0. The van der Waals surface area contributed by atoms with Crippen LogP contribution < -0.4 is 15.8 Å². The second-order valence-corrected chi connectivity index (χ2v) is 3.92. The van der Waals surface area contributed by atoms with Gasteiger partial charge in [-0.3, -0.25) is 0 Å². The Labute approximate surface area is 90.6 Å². The van der Waals surface area contributed by atoms with E-state index in [4.69, 9.17) is 10.5 Å². The van der Waals surface area contributed by atoms with Crippen LogP contribution in [0.2, 0.25) is 0 Å². The molecular formula is C12H18N2O. The maximum Gasteiger partial charge on any atom is 0.119 e. The minimum absolute atomic E-state index is 0.456. The van der Waals surface area contributed by atoms with Gasteiger partial charge in [-0.15, -0.1) is 0 Å². The SMILES string of the molecule is CC1NCCc2cc(OCCN)ccc21. The van der Waals surface area contributed by atoms with Crippen LogP contribution in [0.1, 0.15) is 24.1 Å². The van der Waals surface area contributed by atoms with Crippen molar-refractivity contribution in [2.45, 2.75) is 19.4 Å². The predicted molar refractivity (Wildman–Crippen MR) is 61.1 cm³/mol. The Kier molecular flexibility index (Phi) is 3.23. The molecule has 0 spiro atoms. The quantitative estimate of drug-likeness (QED) is 0.782. The summed E-state index contributed by atoms with van der Waals surface area (Å²) in [6.07, 6.45) is 1.08. The number of nitrogens with one attached hydrogen (secondary N) is 1. The van der Waals surface area contributed by atoms with Crippen molar-refractivity contribution in [3.05, 3.63) is 29.3 Å². The first-order chi connectivity index (χ1) is 7.31. The first-order valence-electron chi connectivity index (χ1n) is 5.50. The lowest BCUT2D eigenvalue weighted by atomic mass is 9.95. The second kappa shape index (κ2) is 4.64. The molecule has 0 saturated carbocycles. The highest BCUT2D eigenvalue weighted by Gasteiger charge is 2.15. The van der Waals surface area contributed by atoms with Crippen LogP contribution in [0.5, 0.6) is 5.75 Å². The smallest absolute Gasteiger partial charge is 0.119 e. The first-order valence-corrected chi connectivity index (χ1v) is 5.50. The van der Waals surface area contributed by atoms with Crippen molar-refractivity contribution in [2.75, 3.05) is 19.7 Å². The van der Waals surface area contributed by atoms with Gasteiger partial charge >= 0.3 is 0 Å². The molecule has 1 aliphatic rings. The van der Waals surface area contributed by atoms with Gasteiger partial charge in [-0.25, -0.2) is 0 Å². The van der Waals surface area contributed by atoms with E-state index in [-0.39, 0.29) is 0 Å². The Balaban J connectivity index is 2.18. The molecule has 3 nitrogen and oxygen atoms in total. The topological polar surface area (TPSA) is 47.3 Å². The average molecular weight is 206 g/mol. The van der Waals surface area contributed by atoms with Crippen LogP contribution in [0.15, 0.2) is 18.2 Å². The highest BCUT2D eigenvalue weighted by molar-refractivity contribution is 5.38. The largest absolute Gasteiger partial charge is 0.492 e. The lowest BCUT2D eigenvalue weighted by molar-refractivity contribution is 0.327. The van der Waals surface area contributed by atoms with Crippen molar-refractivity contribution in [3.63, 3.8) is 0 Å². The third-order valence-corrected chi connectivity index (χ3v) is 2.81. The maximum atomic E-state index is 5.51. The van der Waals surface area contributed by atoms with E-state index in [2.05, 4.69) is 24.4 Å². The van der Waals surface area contributed by atoms with Crippen LogP contribution in [0.3, 0.4) is 0 Å². The molecule has 1 atom stereocenters. The third kappa shape index (κ3) is 2.30. The van der Waals surface area contributed by atoms with Crippen molar-refractivity contribution in [1.82, 2.24) is 5.32 Å². The van der Waals surface area contributed by atoms with E-state index >= 15 is 0 Å². The van der Waals surface area contributed by atoms with Crippen molar-refractivity contribution in [3.8, 4) is 5.75 Å². The molecule has 1 aliphatic heterocycles. The van der Waals surface area contributed by atoms with Crippen LogP contribution in [-0.4, -0.2) is 19.7 Å². The van der Waals surface area contributed by atoms with Crippen LogP contribution in [0, 0.1) is 0 Å². The molecule has 15 heavy (non-hydrogen) atoms. The van der Waals surface area contributed by atoms with Gasteiger partial charge in [-0.05, 0) is 43.1 Å². The minimum atomic E-state index is 0.456. The van der Waals surface area contributed by atoms with E-state index in [0.29, 0.717) is 19.2 Å². The summed E-state index contributed by atoms with van der Waals surface area (Å²) in [7, 11) is 0. The van der Waals surface area contributed by atoms with E-state index in [1.807, 2.05) is 6.07 Å². The Morgan fingerprint density at radius 3 is 3.20 bits per heavy atom. The lowest BCUT2D eigenvalue weighted by Crippen LogP contribution is -2.27. The molecule has 1 heterocycles. The molecule has 0 bridgehead atoms. The van der Waals surface area contributed by atoms with Crippen LogP contribution in [0.4, 0.5) is 0 Å². The number of nitrogens with two attached hydrogens (primary N) is 1. The van der Waals surface area contributed by atoms with E-state index in [1.165, 1.54) is 11.1 Å².